The van der Waals surface area contributed by atoms with Crippen LogP contribution in [0.3, 0.4) is 0 Å². The van der Waals surface area contributed by atoms with Gasteiger partial charge in [-0.15, -0.1) is 0 Å². The van der Waals surface area contributed by atoms with Crippen LogP contribution in [0.15, 0.2) is 0 Å². The third-order valence-electron chi connectivity index (χ3n) is 3.72. The lowest BCUT2D eigenvalue weighted by molar-refractivity contribution is -0.119. The standard InChI is InChI=1S/C10H18N2O/c1-10(7-2-3-7)8(4-5-12-10)6-9(11)13/h7-8,12H,2-6H2,1H3,(H2,11,13). The fourth-order valence-corrected chi connectivity index (χ4v) is 2.68. The number of primary amides is 1. The lowest BCUT2D eigenvalue weighted by atomic mass is 9.81. The monoisotopic (exact) mass is 182 g/mol. The molecule has 2 aliphatic rings. The average Bonchev–Trinajstić information content (AvgIpc) is 2.80. The molecule has 2 rings (SSSR count). The third kappa shape index (κ3) is 1.57. The molecular weight excluding hydrogens is 164 g/mol. The molecule has 1 aliphatic heterocycles. The molecule has 2 fully saturated rings. The summed E-state index contributed by atoms with van der Waals surface area (Å²) in [6.07, 6.45) is 4.30. The van der Waals surface area contributed by atoms with E-state index in [1.54, 1.807) is 0 Å². The predicted octanol–water partition coefficient (Wildman–Crippen LogP) is 0.640. The summed E-state index contributed by atoms with van der Waals surface area (Å²) in [6, 6.07) is 0. The van der Waals surface area contributed by atoms with E-state index >= 15 is 0 Å². The molecule has 3 heteroatoms. The fraction of sp³-hybridized carbons (Fsp3) is 0.900. The van der Waals surface area contributed by atoms with Gasteiger partial charge in [0.15, 0.2) is 0 Å². The minimum Gasteiger partial charge on any atom is -0.370 e. The van der Waals surface area contributed by atoms with Crippen LogP contribution in [0, 0.1) is 11.8 Å². The van der Waals surface area contributed by atoms with Crippen LogP contribution in [-0.4, -0.2) is 18.0 Å². The first-order valence-electron chi connectivity index (χ1n) is 5.16. The number of nitrogens with one attached hydrogen (secondary N) is 1. The summed E-state index contributed by atoms with van der Waals surface area (Å²) in [6.45, 7) is 3.30. The first kappa shape index (κ1) is 9.00. The molecule has 0 aromatic heterocycles. The lowest BCUT2D eigenvalue weighted by Gasteiger charge is -2.31. The van der Waals surface area contributed by atoms with E-state index in [1.807, 2.05) is 0 Å². The zero-order chi connectivity index (χ0) is 9.47. The molecule has 1 aliphatic carbocycles. The van der Waals surface area contributed by atoms with Gasteiger partial charge in [-0.2, -0.15) is 0 Å². The summed E-state index contributed by atoms with van der Waals surface area (Å²) in [5, 5.41) is 3.54. The van der Waals surface area contributed by atoms with Crippen molar-refractivity contribution in [3.63, 3.8) is 0 Å². The normalized spacial score (nSPS) is 39.3. The highest BCUT2D eigenvalue weighted by Crippen LogP contribution is 2.47. The van der Waals surface area contributed by atoms with Gasteiger partial charge in [-0.25, -0.2) is 0 Å². The number of carbonyl (C=O) groups is 1. The van der Waals surface area contributed by atoms with Gasteiger partial charge in [-0.1, -0.05) is 0 Å². The quantitative estimate of drug-likeness (QED) is 0.673. The van der Waals surface area contributed by atoms with Crippen LogP contribution in [0.4, 0.5) is 0 Å². The second-order valence-electron chi connectivity index (χ2n) is 4.64. The summed E-state index contributed by atoms with van der Waals surface area (Å²) in [5.74, 6) is 1.11. The molecule has 3 nitrogen and oxygen atoms in total. The Morgan fingerprint density at radius 2 is 2.23 bits per heavy atom. The van der Waals surface area contributed by atoms with Gasteiger partial charge in [0.2, 0.25) is 5.91 Å². The summed E-state index contributed by atoms with van der Waals surface area (Å²) in [4.78, 5) is 10.9. The van der Waals surface area contributed by atoms with E-state index in [9.17, 15) is 4.79 Å². The molecule has 1 heterocycles. The second kappa shape index (κ2) is 2.98. The summed E-state index contributed by atoms with van der Waals surface area (Å²) in [5.41, 5.74) is 5.45. The number of amides is 1. The van der Waals surface area contributed by atoms with Gasteiger partial charge in [0.25, 0.3) is 0 Å². The first-order chi connectivity index (χ1) is 6.13. The molecule has 1 saturated carbocycles. The van der Waals surface area contributed by atoms with E-state index in [-0.39, 0.29) is 11.4 Å². The maximum atomic E-state index is 10.9. The van der Waals surface area contributed by atoms with Gasteiger partial charge < -0.3 is 11.1 Å². The van der Waals surface area contributed by atoms with Crippen molar-refractivity contribution in [1.29, 1.82) is 0 Å². The van der Waals surface area contributed by atoms with Crippen molar-refractivity contribution in [3.05, 3.63) is 0 Å². The minimum absolute atomic E-state index is 0.152. The maximum Gasteiger partial charge on any atom is 0.217 e. The zero-order valence-corrected chi connectivity index (χ0v) is 8.18. The third-order valence-corrected chi connectivity index (χ3v) is 3.72. The number of hydrogen-bond acceptors (Lipinski definition) is 2. The number of carbonyl (C=O) groups excluding carboxylic acids is 1. The van der Waals surface area contributed by atoms with Crippen LogP contribution in [-0.2, 0) is 4.79 Å². The fourth-order valence-electron chi connectivity index (χ4n) is 2.68. The molecule has 0 spiro atoms. The Labute approximate surface area is 79.1 Å². The number of hydrogen-bond donors (Lipinski definition) is 2. The van der Waals surface area contributed by atoms with Crippen molar-refractivity contribution in [3.8, 4) is 0 Å². The average molecular weight is 182 g/mol. The van der Waals surface area contributed by atoms with E-state index in [0.29, 0.717) is 12.3 Å². The summed E-state index contributed by atoms with van der Waals surface area (Å²) in [7, 11) is 0. The molecule has 1 saturated heterocycles. The van der Waals surface area contributed by atoms with Crippen LogP contribution in [0.1, 0.15) is 32.6 Å². The molecule has 0 aromatic rings. The molecular formula is C10H18N2O. The molecule has 74 valence electrons. The molecule has 2 atom stereocenters. The lowest BCUT2D eigenvalue weighted by Crippen LogP contribution is -2.45. The highest BCUT2D eigenvalue weighted by Gasteiger charge is 2.49. The predicted molar refractivity (Wildman–Crippen MR) is 51.1 cm³/mol. The molecule has 0 bridgehead atoms. The molecule has 1 amide bonds. The smallest absolute Gasteiger partial charge is 0.217 e. The Balaban J connectivity index is 2.04. The Morgan fingerprint density at radius 1 is 1.54 bits per heavy atom. The second-order valence-corrected chi connectivity index (χ2v) is 4.64. The molecule has 2 unspecified atom stereocenters. The van der Waals surface area contributed by atoms with E-state index < -0.39 is 0 Å². The Bertz CT molecular complexity index is 225. The molecule has 3 N–H and O–H groups in total. The number of nitrogens with two attached hydrogens (primary N) is 1. The zero-order valence-electron chi connectivity index (χ0n) is 8.18. The van der Waals surface area contributed by atoms with Gasteiger partial charge in [0.1, 0.15) is 0 Å². The van der Waals surface area contributed by atoms with Crippen LogP contribution < -0.4 is 11.1 Å². The van der Waals surface area contributed by atoms with Crippen molar-refractivity contribution in [2.24, 2.45) is 17.6 Å². The Morgan fingerprint density at radius 3 is 2.77 bits per heavy atom. The molecule has 0 aromatic carbocycles. The maximum absolute atomic E-state index is 10.9. The van der Waals surface area contributed by atoms with Crippen LogP contribution in [0.2, 0.25) is 0 Å². The highest BCUT2D eigenvalue weighted by molar-refractivity contribution is 5.74. The molecule has 13 heavy (non-hydrogen) atoms. The van der Waals surface area contributed by atoms with Crippen molar-refractivity contribution in [2.75, 3.05) is 6.54 Å². The van der Waals surface area contributed by atoms with E-state index in [0.717, 1.165) is 18.9 Å². The van der Waals surface area contributed by atoms with Crippen LogP contribution >= 0.6 is 0 Å². The number of rotatable bonds is 3. The van der Waals surface area contributed by atoms with Crippen molar-refractivity contribution >= 4 is 5.91 Å². The van der Waals surface area contributed by atoms with Crippen molar-refractivity contribution < 1.29 is 4.79 Å². The van der Waals surface area contributed by atoms with Gasteiger partial charge in [0, 0.05) is 12.0 Å². The largest absolute Gasteiger partial charge is 0.370 e. The van der Waals surface area contributed by atoms with Gasteiger partial charge in [-0.3, -0.25) is 4.79 Å². The summed E-state index contributed by atoms with van der Waals surface area (Å²) < 4.78 is 0. The summed E-state index contributed by atoms with van der Waals surface area (Å²) >= 11 is 0. The van der Waals surface area contributed by atoms with Gasteiger partial charge in [-0.05, 0) is 44.6 Å². The van der Waals surface area contributed by atoms with E-state index in [1.165, 1.54) is 12.8 Å². The minimum atomic E-state index is -0.152. The Kier molecular flexibility index (Phi) is 2.06. The SMILES string of the molecule is CC1(C2CC2)NCCC1CC(N)=O. The van der Waals surface area contributed by atoms with E-state index in [2.05, 4.69) is 12.2 Å². The highest BCUT2D eigenvalue weighted by atomic mass is 16.1. The molecule has 0 radical (unpaired) electrons. The first-order valence-corrected chi connectivity index (χ1v) is 5.16. The van der Waals surface area contributed by atoms with Crippen LogP contribution in [0.5, 0.6) is 0 Å². The van der Waals surface area contributed by atoms with Crippen molar-refractivity contribution in [2.45, 2.75) is 38.1 Å². The van der Waals surface area contributed by atoms with Gasteiger partial charge in [0.05, 0.1) is 0 Å². The van der Waals surface area contributed by atoms with Crippen LogP contribution in [0.25, 0.3) is 0 Å². The Hall–Kier alpha value is -0.570. The van der Waals surface area contributed by atoms with Gasteiger partial charge >= 0.3 is 0 Å². The topological polar surface area (TPSA) is 55.1 Å². The van der Waals surface area contributed by atoms with Crippen molar-refractivity contribution in [1.82, 2.24) is 5.32 Å². The van der Waals surface area contributed by atoms with E-state index in [4.69, 9.17) is 5.73 Å².